The molecule has 1 aliphatic rings. The zero-order valence-corrected chi connectivity index (χ0v) is 14.5. The molecule has 0 saturated carbocycles. The van der Waals surface area contributed by atoms with Gasteiger partial charge in [0.2, 0.25) is 5.91 Å². The van der Waals surface area contributed by atoms with Crippen LogP contribution in [0.4, 0.5) is 0 Å². The number of hydrogen-bond donors (Lipinski definition) is 1. The van der Waals surface area contributed by atoms with Crippen LogP contribution in [0.25, 0.3) is 11.0 Å². The highest BCUT2D eigenvalue weighted by atomic mass is 16.3. The van der Waals surface area contributed by atoms with Crippen molar-refractivity contribution in [3.8, 4) is 0 Å². The number of hydrogen-bond acceptors (Lipinski definition) is 3. The number of furan rings is 1. The van der Waals surface area contributed by atoms with Gasteiger partial charge in [-0.3, -0.25) is 4.79 Å². The molecule has 0 bridgehead atoms. The molecule has 0 radical (unpaired) electrons. The first kappa shape index (κ1) is 15.9. The van der Waals surface area contributed by atoms with Gasteiger partial charge in [-0.2, -0.15) is 0 Å². The summed E-state index contributed by atoms with van der Waals surface area (Å²) < 4.78 is 5.32. The van der Waals surface area contributed by atoms with Gasteiger partial charge in [0.1, 0.15) is 11.6 Å². The summed E-state index contributed by atoms with van der Waals surface area (Å²) in [4.78, 5) is 22.7. The Balaban J connectivity index is 1.43. The Hall–Kier alpha value is -2.56. The molecule has 0 spiro atoms. The van der Waals surface area contributed by atoms with E-state index in [0.717, 1.165) is 48.5 Å². The lowest BCUT2D eigenvalue weighted by Gasteiger charge is -2.32. The maximum Gasteiger partial charge on any atom is 0.223 e. The number of carbonyl (C=O) groups excluding carboxylic acids is 1. The SMILES string of the molecule is Cc1ccc2nc(C3CCCN(C(=O)CCc4ccco4)C3)[nH]c2c1. The highest BCUT2D eigenvalue weighted by Gasteiger charge is 2.26. The molecular weight excluding hydrogens is 314 g/mol. The highest BCUT2D eigenvalue weighted by Crippen LogP contribution is 2.27. The Morgan fingerprint density at radius 3 is 3.16 bits per heavy atom. The number of aromatic nitrogens is 2. The van der Waals surface area contributed by atoms with Crippen molar-refractivity contribution < 1.29 is 9.21 Å². The average molecular weight is 337 g/mol. The van der Waals surface area contributed by atoms with E-state index < -0.39 is 0 Å². The summed E-state index contributed by atoms with van der Waals surface area (Å²) in [6.07, 6.45) is 4.91. The number of amides is 1. The van der Waals surface area contributed by atoms with E-state index in [2.05, 4.69) is 30.1 Å². The fraction of sp³-hybridized carbons (Fsp3) is 0.400. The molecule has 0 aliphatic carbocycles. The summed E-state index contributed by atoms with van der Waals surface area (Å²) in [5, 5.41) is 0. The van der Waals surface area contributed by atoms with Crippen molar-refractivity contribution in [1.29, 1.82) is 0 Å². The zero-order valence-electron chi connectivity index (χ0n) is 14.5. The summed E-state index contributed by atoms with van der Waals surface area (Å²) in [5.41, 5.74) is 3.30. The van der Waals surface area contributed by atoms with E-state index in [-0.39, 0.29) is 11.8 Å². The number of aryl methyl sites for hydroxylation is 2. The number of benzene rings is 1. The van der Waals surface area contributed by atoms with Crippen molar-refractivity contribution in [3.05, 3.63) is 53.7 Å². The van der Waals surface area contributed by atoms with Crippen LogP contribution in [0, 0.1) is 6.92 Å². The Morgan fingerprint density at radius 2 is 2.32 bits per heavy atom. The maximum atomic E-state index is 12.5. The van der Waals surface area contributed by atoms with Crippen LogP contribution in [0.1, 0.15) is 42.3 Å². The van der Waals surface area contributed by atoms with Crippen molar-refractivity contribution in [2.45, 2.75) is 38.5 Å². The summed E-state index contributed by atoms with van der Waals surface area (Å²) in [6.45, 7) is 3.67. The van der Waals surface area contributed by atoms with Crippen LogP contribution in [-0.4, -0.2) is 33.9 Å². The topological polar surface area (TPSA) is 62.1 Å². The van der Waals surface area contributed by atoms with E-state index in [1.807, 2.05) is 17.0 Å². The van der Waals surface area contributed by atoms with Crippen LogP contribution in [-0.2, 0) is 11.2 Å². The first-order chi connectivity index (χ1) is 12.2. The average Bonchev–Trinajstić information content (AvgIpc) is 3.28. The van der Waals surface area contributed by atoms with Crippen LogP contribution >= 0.6 is 0 Å². The molecule has 1 N–H and O–H groups in total. The lowest BCUT2D eigenvalue weighted by Crippen LogP contribution is -2.39. The second-order valence-corrected chi connectivity index (χ2v) is 6.90. The maximum absolute atomic E-state index is 12.5. The van der Waals surface area contributed by atoms with Crippen molar-refractivity contribution in [1.82, 2.24) is 14.9 Å². The second-order valence-electron chi connectivity index (χ2n) is 6.90. The van der Waals surface area contributed by atoms with Crippen LogP contribution in [0.15, 0.2) is 41.0 Å². The molecule has 1 aliphatic heterocycles. The third kappa shape index (κ3) is 3.45. The van der Waals surface area contributed by atoms with Crippen LogP contribution in [0.2, 0.25) is 0 Å². The minimum Gasteiger partial charge on any atom is -0.469 e. The molecule has 1 saturated heterocycles. The van der Waals surface area contributed by atoms with E-state index in [0.29, 0.717) is 12.8 Å². The van der Waals surface area contributed by atoms with Crippen LogP contribution < -0.4 is 0 Å². The quantitative estimate of drug-likeness (QED) is 0.787. The van der Waals surface area contributed by atoms with Crippen LogP contribution in [0.3, 0.4) is 0 Å². The van der Waals surface area contributed by atoms with Gasteiger partial charge in [0.15, 0.2) is 0 Å². The Labute approximate surface area is 147 Å². The number of imidazole rings is 1. The molecular formula is C20H23N3O2. The summed E-state index contributed by atoms with van der Waals surface area (Å²) >= 11 is 0. The number of fused-ring (bicyclic) bond motifs is 1. The molecule has 1 aromatic carbocycles. The number of likely N-dealkylation sites (tertiary alicyclic amines) is 1. The molecule has 130 valence electrons. The Bertz CT molecular complexity index is 866. The molecule has 1 amide bonds. The molecule has 2 aromatic heterocycles. The number of H-pyrrole nitrogens is 1. The smallest absolute Gasteiger partial charge is 0.223 e. The van der Waals surface area contributed by atoms with E-state index in [1.165, 1.54) is 5.56 Å². The first-order valence-electron chi connectivity index (χ1n) is 8.95. The number of nitrogens with one attached hydrogen (secondary N) is 1. The highest BCUT2D eigenvalue weighted by molar-refractivity contribution is 5.77. The molecule has 1 atom stereocenters. The molecule has 1 fully saturated rings. The van der Waals surface area contributed by atoms with E-state index in [9.17, 15) is 4.79 Å². The van der Waals surface area contributed by atoms with E-state index in [4.69, 9.17) is 9.40 Å². The monoisotopic (exact) mass is 337 g/mol. The summed E-state index contributed by atoms with van der Waals surface area (Å²) in [6, 6.07) is 10.0. The van der Waals surface area contributed by atoms with E-state index >= 15 is 0 Å². The Kier molecular flexibility index (Phi) is 4.30. The molecule has 3 aromatic rings. The number of rotatable bonds is 4. The minimum atomic E-state index is 0.202. The normalized spacial score (nSPS) is 18.0. The molecule has 5 nitrogen and oxygen atoms in total. The standard InChI is InChI=1S/C20H23N3O2/c1-14-6-8-17-18(12-14)22-20(21-17)15-4-2-10-23(13-15)19(24)9-7-16-5-3-11-25-16/h3,5-6,8,11-12,15H,2,4,7,9-10,13H2,1H3,(H,21,22). The second kappa shape index (κ2) is 6.75. The summed E-state index contributed by atoms with van der Waals surface area (Å²) in [7, 11) is 0. The molecule has 3 heterocycles. The van der Waals surface area contributed by atoms with Gasteiger partial charge in [0.25, 0.3) is 0 Å². The third-order valence-corrected chi connectivity index (χ3v) is 4.98. The predicted molar refractivity (Wildman–Crippen MR) is 96.4 cm³/mol. The first-order valence-corrected chi connectivity index (χ1v) is 8.95. The van der Waals surface area contributed by atoms with Crippen molar-refractivity contribution in [2.24, 2.45) is 0 Å². The molecule has 25 heavy (non-hydrogen) atoms. The number of carbonyl (C=O) groups is 1. The van der Waals surface area contributed by atoms with Gasteiger partial charge in [-0.05, 0) is 49.6 Å². The number of piperidine rings is 1. The minimum absolute atomic E-state index is 0.202. The third-order valence-electron chi connectivity index (χ3n) is 4.98. The molecule has 4 rings (SSSR count). The van der Waals surface area contributed by atoms with E-state index in [1.54, 1.807) is 6.26 Å². The largest absolute Gasteiger partial charge is 0.469 e. The number of nitrogens with zero attached hydrogens (tertiary/aromatic N) is 2. The van der Waals surface area contributed by atoms with Gasteiger partial charge < -0.3 is 14.3 Å². The van der Waals surface area contributed by atoms with Crippen molar-refractivity contribution >= 4 is 16.9 Å². The fourth-order valence-electron chi connectivity index (χ4n) is 3.61. The molecule has 1 unspecified atom stereocenters. The van der Waals surface area contributed by atoms with Gasteiger partial charge in [-0.15, -0.1) is 0 Å². The van der Waals surface area contributed by atoms with Crippen molar-refractivity contribution in [3.63, 3.8) is 0 Å². The Morgan fingerprint density at radius 1 is 1.40 bits per heavy atom. The predicted octanol–water partition coefficient (Wildman–Crippen LogP) is 3.80. The fourth-order valence-corrected chi connectivity index (χ4v) is 3.61. The zero-order chi connectivity index (χ0) is 17.2. The van der Waals surface area contributed by atoms with Gasteiger partial charge in [0.05, 0.1) is 17.3 Å². The van der Waals surface area contributed by atoms with Gasteiger partial charge in [0, 0.05) is 31.8 Å². The lowest BCUT2D eigenvalue weighted by molar-refractivity contribution is -0.132. The lowest BCUT2D eigenvalue weighted by atomic mass is 9.97. The van der Waals surface area contributed by atoms with Gasteiger partial charge >= 0.3 is 0 Å². The van der Waals surface area contributed by atoms with Gasteiger partial charge in [-0.1, -0.05) is 6.07 Å². The van der Waals surface area contributed by atoms with Gasteiger partial charge in [-0.25, -0.2) is 4.98 Å². The summed E-state index contributed by atoms with van der Waals surface area (Å²) in [5.74, 6) is 2.36. The molecule has 5 heteroatoms. The van der Waals surface area contributed by atoms with Crippen LogP contribution in [0.5, 0.6) is 0 Å². The number of aromatic amines is 1. The van der Waals surface area contributed by atoms with Crippen molar-refractivity contribution in [2.75, 3.05) is 13.1 Å².